The van der Waals surface area contributed by atoms with Gasteiger partial charge in [0.25, 0.3) is 0 Å². The predicted molar refractivity (Wildman–Crippen MR) is 105 cm³/mol. The Labute approximate surface area is 162 Å². The molecule has 0 atom stereocenters. The molecular formula is C19H25F2N7. The van der Waals surface area contributed by atoms with E-state index in [1.807, 2.05) is 32.0 Å². The van der Waals surface area contributed by atoms with E-state index in [1.165, 1.54) is 12.4 Å². The SMILES string of the molecule is CCNC(=NCc1nccn1C(F)F)NCCCn1c(C)nc2ccccc21. The molecule has 0 saturated heterocycles. The van der Waals surface area contributed by atoms with Crippen LogP contribution in [0.3, 0.4) is 0 Å². The standard InChI is InChI=1S/C19H25F2N7/c1-3-22-19(25-13-17-23-10-12-28(17)18(20)21)24-9-6-11-27-14(2)26-15-7-4-5-8-16(15)27/h4-5,7-8,10,12,18H,3,6,9,11,13H2,1-2H3,(H2,22,24,25). The van der Waals surface area contributed by atoms with Crippen LogP contribution in [0.2, 0.25) is 0 Å². The number of aromatic nitrogens is 4. The molecule has 7 nitrogen and oxygen atoms in total. The van der Waals surface area contributed by atoms with Crippen LogP contribution in [-0.4, -0.2) is 38.2 Å². The van der Waals surface area contributed by atoms with E-state index in [0.29, 0.717) is 19.0 Å². The highest BCUT2D eigenvalue weighted by molar-refractivity contribution is 5.79. The number of halogens is 2. The highest BCUT2D eigenvalue weighted by Crippen LogP contribution is 2.15. The zero-order valence-electron chi connectivity index (χ0n) is 16.1. The highest BCUT2D eigenvalue weighted by atomic mass is 19.3. The molecule has 0 aliphatic carbocycles. The van der Waals surface area contributed by atoms with Crippen LogP contribution in [0.1, 0.15) is 31.5 Å². The first-order chi connectivity index (χ1) is 13.6. The molecule has 3 rings (SSSR count). The van der Waals surface area contributed by atoms with Crippen molar-refractivity contribution >= 4 is 17.0 Å². The number of aliphatic imine (C=N–C) groups is 1. The van der Waals surface area contributed by atoms with Gasteiger partial charge >= 0.3 is 6.55 Å². The van der Waals surface area contributed by atoms with Crippen molar-refractivity contribution in [2.24, 2.45) is 4.99 Å². The largest absolute Gasteiger partial charge is 0.357 e. The van der Waals surface area contributed by atoms with Crippen LogP contribution in [0.5, 0.6) is 0 Å². The lowest BCUT2D eigenvalue weighted by Crippen LogP contribution is -2.38. The molecule has 0 radical (unpaired) electrons. The van der Waals surface area contributed by atoms with E-state index < -0.39 is 6.55 Å². The van der Waals surface area contributed by atoms with Gasteiger partial charge in [0.2, 0.25) is 0 Å². The summed E-state index contributed by atoms with van der Waals surface area (Å²) < 4.78 is 28.8. The molecule has 0 spiro atoms. The van der Waals surface area contributed by atoms with E-state index in [9.17, 15) is 8.78 Å². The molecule has 0 aliphatic rings. The summed E-state index contributed by atoms with van der Waals surface area (Å²) in [5, 5.41) is 6.37. The molecule has 3 aromatic rings. The quantitative estimate of drug-likeness (QED) is 0.353. The second-order valence-electron chi connectivity index (χ2n) is 6.30. The Kier molecular flexibility index (Phi) is 6.57. The lowest BCUT2D eigenvalue weighted by atomic mass is 10.3. The fraction of sp³-hybridized carbons (Fsp3) is 0.421. The predicted octanol–water partition coefficient (Wildman–Crippen LogP) is 3.08. The van der Waals surface area contributed by atoms with Gasteiger partial charge in [-0.25, -0.2) is 15.0 Å². The van der Waals surface area contributed by atoms with Crippen molar-refractivity contribution in [2.45, 2.75) is 39.9 Å². The van der Waals surface area contributed by atoms with Crippen molar-refractivity contribution in [2.75, 3.05) is 13.1 Å². The molecule has 150 valence electrons. The van der Waals surface area contributed by atoms with Gasteiger partial charge in [-0.2, -0.15) is 8.78 Å². The number of imidazole rings is 2. The second kappa shape index (κ2) is 9.29. The topological polar surface area (TPSA) is 72.1 Å². The number of nitrogens with zero attached hydrogens (tertiary/aromatic N) is 5. The highest BCUT2D eigenvalue weighted by Gasteiger charge is 2.11. The molecule has 0 aliphatic heterocycles. The Hall–Kier alpha value is -2.97. The normalized spacial score (nSPS) is 12.1. The number of para-hydroxylation sites is 2. The van der Waals surface area contributed by atoms with Gasteiger partial charge in [-0.1, -0.05) is 12.1 Å². The van der Waals surface area contributed by atoms with Crippen LogP contribution in [0.4, 0.5) is 8.78 Å². The van der Waals surface area contributed by atoms with Crippen LogP contribution in [0, 0.1) is 6.92 Å². The number of guanidine groups is 1. The molecule has 0 amide bonds. The zero-order chi connectivity index (χ0) is 19.9. The van der Waals surface area contributed by atoms with Gasteiger partial charge in [-0.3, -0.25) is 4.57 Å². The molecule has 28 heavy (non-hydrogen) atoms. The van der Waals surface area contributed by atoms with Gasteiger partial charge in [-0.15, -0.1) is 0 Å². The maximum atomic E-state index is 12.9. The number of hydrogen-bond acceptors (Lipinski definition) is 3. The van der Waals surface area contributed by atoms with Gasteiger partial charge in [0.05, 0.1) is 11.0 Å². The van der Waals surface area contributed by atoms with Gasteiger partial charge in [0.1, 0.15) is 18.2 Å². The van der Waals surface area contributed by atoms with Crippen molar-refractivity contribution in [3.63, 3.8) is 0 Å². The Bertz CT molecular complexity index is 929. The third-order valence-electron chi connectivity index (χ3n) is 4.38. The Morgan fingerprint density at radius 3 is 2.86 bits per heavy atom. The first kappa shape index (κ1) is 19.8. The summed E-state index contributed by atoms with van der Waals surface area (Å²) >= 11 is 0. The molecule has 1 aromatic carbocycles. The van der Waals surface area contributed by atoms with Crippen LogP contribution in [-0.2, 0) is 13.1 Å². The van der Waals surface area contributed by atoms with E-state index >= 15 is 0 Å². The van der Waals surface area contributed by atoms with Crippen LogP contribution < -0.4 is 10.6 Å². The molecule has 0 bridgehead atoms. The average Bonchev–Trinajstić information content (AvgIpc) is 3.27. The first-order valence-corrected chi connectivity index (χ1v) is 9.34. The summed E-state index contributed by atoms with van der Waals surface area (Å²) in [5.41, 5.74) is 2.12. The maximum absolute atomic E-state index is 12.9. The maximum Gasteiger partial charge on any atom is 0.319 e. The molecule has 9 heteroatoms. The van der Waals surface area contributed by atoms with Crippen LogP contribution >= 0.6 is 0 Å². The molecule has 2 heterocycles. The van der Waals surface area contributed by atoms with Crippen molar-refractivity contribution < 1.29 is 8.78 Å². The number of aryl methyl sites for hydroxylation is 2. The van der Waals surface area contributed by atoms with Crippen molar-refractivity contribution in [3.05, 3.63) is 48.3 Å². The van der Waals surface area contributed by atoms with E-state index in [-0.39, 0.29) is 12.4 Å². The number of rotatable bonds is 8. The average molecular weight is 389 g/mol. The fourth-order valence-corrected chi connectivity index (χ4v) is 3.06. The Morgan fingerprint density at radius 2 is 2.07 bits per heavy atom. The van der Waals surface area contributed by atoms with E-state index in [0.717, 1.165) is 34.4 Å². The number of nitrogens with one attached hydrogen (secondary N) is 2. The van der Waals surface area contributed by atoms with Crippen LogP contribution in [0.25, 0.3) is 11.0 Å². The van der Waals surface area contributed by atoms with Gasteiger partial charge in [0.15, 0.2) is 5.96 Å². The molecule has 0 saturated carbocycles. The van der Waals surface area contributed by atoms with Crippen LogP contribution in [0.15, 0.2) is 41.7 Å². The van der Waals surface area contributed by atoms with E-state index in [1.54, 1.807) is 0 Å². The fourth-order valence-electron chi connectivity index (χ4n) is 3.06. The van der Waals surface area contributed by atoms with Gasteiger partial charge < -0.3 is 15.2 Å². The summed E-state index contributed by atoms with van der Waals surface area (Å²) in [6.07, 6.45) is 3.49. The molecule has 2 N–H and O–H groups in total. The molecule has 2 aromatic heterocycles. The smallest absolute Gasteiger partial charge is 0.319 e. The number of alkyl halides is 2. The number of fused-ring (bicyclic) bond motifs is 1. The summed E-state index contributed by atoms with van der Waals surface area (Å²) in [7, 11) is 0. The Balaban J connectivity index is 1.56. The second-order valence-corrected chi connectivity index (χ2v) is 6.30. The number of benzene rings is 1. The zero-order valence-corrected chi connectivity index (χ0v) is 16.1. The minimum absolute atomic E-state index is 0.0813. The Morgan fingerprint density at radius 1 is 1.25 bits per heavy atom. The monoisotopic (exact) mass is 389 g/mol. The molecule has 0 fully saturated rings. The summed E-state index contributed by atoms with van der Waals surface area (Å²) in [4.78, 5) is 12.9. The van der Waals surface area contributed by atoms with Crippen molar-refractivity contribution in [1.29, 1.82) is 0 Å². The third kappa shape index (κ3) is 4.65. The molecular weight excluding hydrogens is 364 g/mol. The summed E-state index contributed by atoms with van der Waals surface area (Å²) in [5.74, 6) is 1.80. The summed E-state index contributed by atoms with van der Waals surface area (Å²) in [6, 6.07) is 8.08. The van der Waals surface area contributed by atoms with Crippen molar-refractivity contribution in [3.8, 4) is 0 Å². The van der Waals surface area contributed by atoms with Gasteiger partial charge in [0, 0.05) is 32.0 Å². The lowest BCUT2D eigenvalue weighted by Gasteiger charge is -2.12. The lowest BCUT2D eigenvalue weighted by molar-refractivity contribution is 0.0671. The van der Waals surface area contributed by atoms with Gasteiger partial charge in [-0.05, 0) is 32.4 Å². The first-order valence-electron chi connectivity index (χ1n) is 9.34. The van der Waals surface area contributed by atoms with E-state index in [4.69, 9.17) is 0 Å². The summed E-state index contributed by atoms with van der Waals surface area (Å²) in [6.45, 7) is 3.63. The third-order valence-corrected chi connectivity index (χ3v) is 4.38. The minimum Gasteiger partial charge on any atom is -0.357 e. The minimum atomic E-state index is -2.61. The van der Waals surface area contributed by atoms with Crippen molar-refractivity contribution in [1.82, 2.24) is 29.7 Å². The molecule has 0 unspecified atom stereocenters. The van der Waals surface area contributed by atoms with E-state index in [2.05, 4.69) is 36.2 Å². The number of hydrogen-bond donors (Lipinski definition) is 2.